The third kappa shape index (κ3) is 3.57. The van der Waals surface area contributed by atoms with E-state index in [2.05, 4.69) is 25.6 Å². The van der Waals surface area contributed by atoms with Crippen LogP contribution in [0.15, 0.2) is 18.5 Å². The number of ether oxygens (including phenoxy) is 1. The molecule has 8 nitrogen and oxygen atoms in total. The summed E-state index contributed by atoms with van der Waals surface area (Å²) in [5, 5.41) is 5.98. The molecule has 4 heterocycles. The zero-order valence-electron chi connectivity index (χ0n) is 14.9. The molecule has 2 aromatic rings. The minimum Gasteiger partial charge on any atom is -0.434 e. The number of pyridine rings is 1. The van der Waals surface area contributed by atoms with Crippen molar-refractivity contribution < 1.29 is 18.3 Å². The molecule has 1 fully saturated rings. The van der Waals surface area contributed by atoms with E-state index in [1.165, 1.54) is 12.4 Å². The van der Waals surface area contributed by atoms with Gasteiger partial charge in [-0.25, -0.2) is 28.5 Å². The highest BCUT2D eigenvalue weighted by molar-refractivity contribution is 6.31. The number of hydrogen-bond donors (Lipinski definition) is 2. The van der Waals surface area contributed by atoms with Crippen molar-refractivity contribution in [3.05, 3.63) is 29.0 Å². The standard InChI is InChI=1S/C17H17ClF2N6O2/c1-17(19,20)14-12-13(22-8-23-15(12)25-16(27)28-14)10-6-9(18)7-11(24-10)26-4-2-21-3-5-26/h6-8,14,21H,2-5H2,1H3,(H,22,23,25,27)/t14-/m1/s1. The van der Waals surface area contributed by atoms with Crippen molar-refractivity contribution in [2.45, 2.75) is 19.0 Å². The number of nitrogens with zero attached hydrogens (tertiary/aromatic N) is 4. The molecule has 0 aromatic carbocycles. The first-order valence-electron chi connectivity index (χ1n) is 8.67. The van der Waals surface area contributed by atoms with Gasteiger partial charge in [0.2, 0.25) is 0 Å². The Hall–Kier alpha value is -2.59. The van der Waals surface area contributed by atoms with Gasteiger partial charge >= 0.3 is 6.09 Å². The highest BCUT2D eigenvalue weighted by Gasteiger charge is 2.45. The summed E-state index contributed by atoms with van der Waals surface area (Å²) in [7, 11) is 0. The van der Waals surface area contributed by atoms with Crippen LogP contribution in [0.4, 0.5) is 25.2 Å². The van der Waals surface area contributed by atoms with Crippen LogP contribution in [0.25, 0.3) is 11.4 Å². The highest BCUT2D eigenvalue weighted by atomic mass is 35.5. The lowest BCUT2D eigenvalue weighted by molar-refractivity contribution is -0.0985. The third-order valence-corrected chi connectivity index (χ3v) is 4.73. The van der Waals surface area contributed by atoms with E-state index in [4.69, 9.17) is 16.3 Å². The average Bonchev–Trinajstić information content (AvgIpc) is 2.66. The molecule has 1 amide bonds. The van der Waals surface area contributed by atoms with Gasteiger partial charge in [-0.2, -0.15) is 0 Å². The Balaban J connectivity index is 1.83. The first kappa shape index (κ1) is 18.8. The van der Waals surface area contributed by atoms with Crippen LogP contribution in [0.2, 0.25) is 5.02 Å². The highest BCUT2D eigenvalue weighted by Crippen LogP contribution is 2.44. The number of aromatic nitrogens is 3. The van der Waals surface area contributed by atoms with Crippen LogP contribution >= 0.6 is 11.6 Å². The maximum absolute atomic E-state index is 14.2. The Morgan fingerprint density at radius 2 is 2.04 bits per heavy atom. The Bertz CT molecular complexity index is 917. The van der Waals surface area contributed by atoms with Gasteiger partial charge in [-0.3, -0.25) is 5.32 Å². The maximum Gasteiger partial charge on any atom is 0.413 e. The Kier molecular flexibility index (Phi) is 4.76. The number of rotatable bonds is 3. The van der Waals surface area contributed by atoms with Crippen LogP contribution in [0.1, 0.15) is 18.6 Å². The zero-order chi connectivity index (χ0) is 19.9. The summed E-state index contributed by atoms with van der Waals surface area (Å²) in [4.78, 5) is 26.4. The minimum atomic E-state index is -3.34. The van der Waals surface area contributed by atoms with Gasteiger partial charge in [0.15, 0.2) is 6.10 Å². The van der Waals surface area contributed by atoms with Crippen LogP contribution < -0.4 is 15.5 Å². The second kappa shape index (κ2) is 7.10. The van der Waals surface area contributed by atoms with Crippen LogP contribution in [0, 0.1) is 0 Å². The van der Waals surface area contributed by atoms with Crippen molar-refractivity contribution in [1.82, 2.24) is 20.3 Å². The molecule has 0 bridgehead atoms. The minimum absolute atomic E-state index is 0.0294. The number of nitrogens with one attached hydrogen (secondary N) is 2. The predicted octanol–water partition coefficient (Wildman–Crippen LogP) is 2.86. The average molecular weight is 411 g/mol. The molecule has 2 aromatic heterocycles. The van der Waals surface area contributed by atoms with Crippen molar-refractivity contribution in [2.75, 3.05) is 36.4 Å². The lowest BCUT2D eigenvalue weighted by Crippen LogP contribution is -2.43. The van der Waals surface area contributed by atoms with E-state index < -0.39 is 18.1 Å². The molecular formula is C17H17ClF2N6O2. The molecular weight excluding hydrogens is 394 g/mol. The first-order valence-corrected chi connectivity index (χ1v) is 9.04. The number of alkyl halides is 2. The molecule has 2 aliphatic rings. The van der Waals surface area contributed by atoms with Crippen LogP contribution in [0.5, 0.6) is 0 Å². The van der Waals surface area contributed by atoms with Gasteiger partial charge in [0.05, 0.1) is 11.3 Å². The number of fused-ring (bicyclic) bond motifs is 1. The second-order valence-corrected chi connectivity index (χ2v) is 7.05. The molecule has 11 heteroatoms. The van der Waals surface area contributed by atoms with Crippen molar-refractivity contribution >= 4 is 29.3 Å². The summed E-state index contributed by atoms with van der Waals surface area (Å²) in [6, 6.07) is 3.26. The van der Waals surface area contributed by atoms with Crippen LogP contribution in [0.3, 0.4) is 0 Å². The molecule has 2 N–H and O–H groups in total. The van der Waals surface area contributed by atoms with E-state index in [9.17, 15) is 13.6 Å². The van der Waals surface area contributed by atoms with E-state index in [0.717, 1.165) is 26.2 Å². The predicted molar refractivity (Wildman–Crippen MR) is 98.8 cm³/mol. The lowest BCUT2D eigenvalue weighted by Gasteiger charge is -2.31. The van der Waals surface area contributed by atoms with Gasteiger partial charge in [0.25, 0.3) is 5.92 Å². The van der Waals surface area contributed by atoms with Crippen molar-refractivity contribution in [3.63, 3.8) is 0 Å². The van der Waals surface area contributed by atoms with Gasteiger partial charge in [-0.1, -0.05) is 11.6 Å². The summed E-state index contributed by atoms with van der Waals surface area (Å²) in [5.74, 6) is -2.75. The number of cyclic esters (lactones) is 1. The molecule has 0 radical (unpaired) electrons. The summed E-state index contributed by atoms with van der Waals surface area (Å²) < 4.78 is 33.2. The molecule has 2 aliphatic heterocycles. The van der Waals surface area contributed by atoms with Crippen molar-refractivity contribution in [1.29, 1.82) is 0 Å². The fraction of sp³-hybridized carbons (Fsp3) is 0.412. The number of carbonyl (C=O) groups excluding carboxylic acids is 1. The summed E-state index contributed by atoms with van der Waals surface area (Å²) in [6.07, 6.45) is -1.65. The van der Waals surface area contributed by atoms with Gasteiger partial charge in [-0.15, -0.1) is 0 Å². The summed E-state index contributed by atoms with van der Waals surface area (Å²) in [5.41, 5.74) is 0.403. The molecule has 0 aliphatic carbocycles. The van der Waals surface area contributed by atoms with E-state index in [1.807, 2.05) is 4.90 Å². The van der Waals surface area contributed by atoms with Gasteiger partial charge in [-0.05, 0) is 12.1 Å². The molecule has 0 spiro atoms. The van der Waals surface area contributed by atoms with Crippen LogP contribution in [-0.2, 0) is 4.74 Å². The van der Waals surface area contributed by atoms with Gasteiger partial charge in [0, 0.05) is 38.1 Å². The first-order chi connectivity index (χ1) is 13.3. The molecule has 0 saturated carbocycles. The van der Waals surface area contributed by atoms with Crippen LogP contribution in [-0.4, -0.2) is 53.1 Å². The SMILES string of the molecule is CC(F)(F)[C@@H]1OC(=O)Nc2ncnc(-c3cc(Cl)cc(N4CCNCC4)n3)c21. The number of anilines is 2. The smallest absolute Gasteiger partial charge is 0.413 e. The normalized spacial score (nSPS) is 19.6. The Morgan fingerprint density at radius 1 is 1.29 bits per heavy atom. The number of hydrogen-bond acceptors (Lipinski definition) is 7. The molecule has 4 rings (SSSR count). The number of amides is 1. The topological polar surface area (TPSA) is 92.3 Å². The van der Waals surface area contributed by atoms with Crippen molar-refractivity contribution in [2.24, 2.45) is 0 Å². The molecule has 0 unspecified atom stereocenters. The van der Waals surface area contributed by atoms with E-state index in [1.54, 1.807) is 6.07 Å². The zero-order valence-corrected chi connectivity index (χ0v) is 15.6. The molecule has 28 heavy (non-hydrogen) atoms. The Labute approximate surface area is 164 Å². The lowest BCUT2D eigenvalue weighted by atomic mass is 10.00. The fourth-order valence-electron chi connectivity index (χ4n) is 3.26. The van der Waals surface area contributed by atoms with Gasteiger partial charge in [0.1, 0.15) is 23.7 Å². The third-order valence-electron chi connectivity index (χ3n) is 4.51. The molecule has 1 saturated heterocycles. The second-order valence-electron chi connectivity index (χ2n) is 6.62. The quantitative estimate of drug-likeness (QED) is 0.803. The van der Waals surface area contributed by atoms with Crippen molar-refractivity contribution in [3.8, 4) is 11.4 Å². The number of halogens is 3. The van der Waals surface area contributed by atoms with Gasteiger partial charge < -0.3 is 15.0 Å². The van der Waals surface area contributed by atoms with E-state index >= 15 is 0 Å². The number of piperazine rings is 1. The maximum atomic E-state index is 14.2. The van der Waals surface area contributed by atoms with E-state index in [0.29, 0.717) is 23.5 Å². The summed E-state index contributed by atoms with van der Waals surface area (Å²) >= 11 is 6.28. The largest absolute Gasteiger partial charge is 0.434 e. The summed E-state index contributed by atoms with van der Waals surface area (Å²) in [6.45, 7) is 3.76. The molecule has 148 valence electrons. The van der Waals surface area contributed by atoms with E-state index in [-0.39, 0.29) is 17.1 Å². The monoisotopic (exact) mass is 410 g/mol. The molecule has 1 atom stereocenters. The number of carbonyl (C=O) groups is 1. The Morgan fingerprint density at radius 3 is 2.75 bits per heavy atom. The fourth-order valence-corrected chi connectivity index (χ4v) is 3.46.